The van der Waals surface area contributed by atoms with Gasteiger partial charge in [-0.05, 0) is 44.3 Å². The number of hydrogen-bond acceptors (Lipinski definition) is 5. The quantitative estimate of drug-likeness (QED) is 0.469. The molecule has 0 bridgehead atoms. The number of likely N-dealkylation sites (N-methyl/N-ethyl adjacent to an activating group) is 1. The lowest BCUT2D eigenvalue weighted by molar-refractivity contribution is 0.313. The molecule has 0 saturated carbocycles. The van der Waals surface area contributed by atoms with E-state index in [1.54, 1.807) is 29.2 Å². The number of hydrogen-bond donors (Lipinski definition) is 0. The number of piperazine rings is 1. The predicted octanol–water partition coefficient (Wildman–Crippen LogP) is 4.38. The molecule has 2 aromatic heterocycles. The smallest absolute Gasteiger partial charge is 0.152 e. The first-order valence-electron chi connectivity index (χ1n) is 10.9. The predicted molar refractivity (Wildman–Crippen MR) is 125 cm³/mol. The van der Waals surface area contributed by atoms with E-state index in [0.29, 0.717) is 18.0 Å². The number of benzene rings is 2. The molecule has 0 N–H and O–H groups in total. The number of anilines is 1. The van der Waals surface area contributed by atoms with Crippen molar-refractivity contribution in [3.63, 3.8) is 0 Å². The van der Waals surface area contributed by atoms with Gasteiger partial charge in [-0.2, -0.15) is 5.10 Å². The highest BCUT2D eigenvalue weighted by atomic mass is 19.1. The topological polar surface area (TPSA) is 46.4 Å². The van der Waals surface area contributed by atoms with E-state index in [9.17, 15) is 4.39 Å². The van der Waals surface area contributed by atoms with E-state index in [0.717, 1.165) is 48.3 Å². The first kappa shape index (κ1) is 20.5. The van der Waals surface area contributed by atoms with E-state index in [1.165, 1.54) is 11.8 Å². The summed E-state index contributed by atoms with van der Waals surface area (Å²) in [6.45, 7) is 6.49. The maximum atomic E-state index is 14.9. The molecule has 1 aliphatic rings. The molecule has 164 valence electrons. The fraction of sp³-hybridized carbons (Fsp3) is 0.280. The van der Waals surface area contributed by atoms with Gasteiger partial charge in [-0.1, -0.05) is 18.2 Å². The molecule has 2 aromatic carbocycles. The van der Waals surface area contributed by atoms with Crippen molar-refractivity contribution in [3.8, 4) is 22.7 Å². The third-order valence-electron chi connectivity index (χ3n) is 5.95. The molecule has 0 amide bonds. The summed E-state index contributed by atoms with van der Waals surface area (Å²) >= 11 is 0. The van der Waals surface area contributed by atoms with Gasteiger partial charge in [-0.15, -0.1) is 0 Å². The molecule has 0 spiro atoms. The van der Waals surface area contributed by atoms with Crippen LogP contribution in [-0.4, -0.2) is 59.5 Å². The fourth-order valence-electron chi connectivity index (χ4n) is 4.21. The highest BCUT2D eigenvalue weighted by Crippen LogP contribution is 2.34. The summed E-state index contributed by atoms with van der Waals surface area (Å²) in [5.41, 5.74) is 4.01. The van der Waals surface area contributed by atoms with Crippen molar-refractivity contribution in [3.05, 3.63) is 66.7 Å². The van der Waals surface area contributed by atoms with Gasteiger partial charge in [0.25, 0.3) is 0 Å². The van der Waals surface area contributed by atoms with Crippen molar-refractivity contribution < 1.29 is 9.13 Å². The van der Waals surface area contributed by atoms with Gasteiger partial charge in [-0.25, -0.2) is 9.07 Å². The summed E-state index contributed by atoms with van der Waals surface area (Å²) in [5.74, 6) is 0.0684. The Morgan fingerprint density at radius 3 is 2.53 bits per heavy atom. The number of aromatic nitrogens is 3. The molecular weight excluding hydrogens is 405 g/mol. The molecule has 1 aliphatic heterocycles. The van der Waals surface area contributed by atoms with Crippen molar-refractivity contribution in [2.45, 2.75) is 6.92 Å². The van der Waals surface area contributed by atoms with Crippen LogP contribution < -0.4 is 9.64 Å². The monoisotopic (exact) mass is 431 g/mol. The van der Waals surface area contributed by atoms with Gasteiger partial charge in [0.05, 0.1) is 18.3 Å². The van der Waals surface area contributed by atoms with E-state index < -0.39 is 0 Å². The van der Waals surface area contributed by atoms with Gasteiger partial charge in [0, 0.05) is 49.0 Å². The third kappa shape index (κ3) is 3.69. The molecule has 0 aliphatic carbocycles. The summed E-state index contributed by atoms with van der Waals surface area (Å²) in [6, 6.07) is 15.2. The zero-order valence-electron chi connectivity index (χ0n) is 18.3. The second-order valence-corrected chi connectivity index (χ2v) is 8.01. The zero-order valence-corrected chi connectivity index (χ0v) is 18.3. The second kappa shape index (κ2) is 8.59. The Morgan fingerprint density at radius 2 is 1.78 bits per heavy atom. The molecule has 0 atom stereocenters. The minimum atomic E-state index is -0.388. The summed E-state index contributed by atoms with van der Waals surface area (Å²) in [4.78, 5) is 9.00. The molecule has 4 aromatic rings. The number of fused-ring (bicyclic) bond motifs is 1. The normalized spacial score (nSPS) is 14.8. The molecule has 7 heteroatoms. The lowest BCUT2D eigenvalue weighted by Gasteiger charge is -2.34. The van der Waals surface area contributed by atoms with Crippen LogP contribution in [0.15, 0.2) is 60.9 Å². The van der Waals surface area contributed by atoms with Crippen molar-refractivity contribution in [1.29, 1.82) is 0 Å². The fourth-order valence-corrected chi connectivity index (χ4v) is 4.21. The van der Waals surface area contributed by atoms with Gasteiger partial charge in [0.15, 0.2) is 5.82 Å². The SMILES string of the molecule is CCOc1cccc(F)c1-n1nc(-c2ccc(N3CCN(C)CC3)cc2)c2ccncc21. The van der Waals surface area contributed by atoms with E-state index in [1.807, 2.05) is 13.0 Å². The van der Waals surface area contributed by atoms with Crippen molar-refractivity contribution >= 4 is 16.6 Å². The highest BCUT2D eigenvalue weighted by Gasteiger charge is 2.20. The van der Waals surface area contributed by atoms with Gasteiger partial charge in [-0.3, -0.25) is 4.98 Å². The number of pyridine rings is 1. The minimum absolute atomic E-state index is 0.299. The molecular formula is C25H26FN5O. The average Bonchev–Trinajstić information content (AvgIpc) is 3.19. The van der Waals surface area contributed by atoms with Crippen LogP contribution in [0, 0.1) is 5.82 Å². The standard InChI is InChI=1S/C25H26FN5O/c1-3-32-23-6-4-5-21(26)25(23)31-22-17-27-12-11-20(22)24(28-31)18-7-9-19(10-8-18)30-15-13-29(2)14-16-30/h4-12,17H,3,13-16H2,1-2H3. The first-order valence-corrected chi connectivity index (χ1v) is 10.9. The lowest BCUT2D eigenvalue weighted by atomic mass is 10.1. The zero-order chi connectivity index (χ0) is 22.1. The number of rotatable bonds is 5. The van der Waals surface area contributed by atoms with Crippen molar-refractivity contribution in [1.82, 2.24) is 19.7 Å². The van der Waals surface area contributed by atoms with Gasteiger partial charge in [0.1, 0.15) is 17.1 Å². The number of ether oxygens (including phenoxy) is 1. The van der Waals surface area contributed by atoms with Crippen LogP contribution in [0.5, 0.6) is 5.75 Å². The van der Waals surface area contributed by atoms with Crippen LogP contribution in [0.1, 0.15) is 6.92 Å². The van der Waals surface area contributed by atoms with Crippen molar-refractivity contribution in [2.75, 3.05) is 44.7 Å². The first-order chi connectivity index (χ1) is 15.7. The molecule has 1 saturated heterocycles. The third-order valence-corrected chi connectivity index (χ3v) is 5.95. The average molecular weight is 432 g/mol. The van der Waals surface area contributed by atoms with E-state index in [2.05, 4.69) is 46.1 Å². The highest BCUT2D eigenvalue weighted by molar-refractivity contribution is 5.94. The molecule has 6 nitrogen and oxygen atoms in total. The van der Waals surface area contributed by atoms with Crippen molar-refractivity contribution in [2.24, 2.45) is 0 Å². The number of para-hydroxylation sites is 1. The van der Waals surface area contributed by atoms with Gasteiger partial charge >= 0.3 is 0 Å². The summed E-state index contributed by atoms with van der Waals surface area (Å²) in [6.07, 6.45) is 3.45. The molecule has 32 heavy (non-hydrogen) atoms. The maximum Gasteiger partial charge on any atom is 0.152 e. The van der Waals surface area contributed by atoms with E-state index in [4.69, 9.17) is 9.84 Å². The molecule has 3 heterocycles. The molecule has 1 fully saturated rings. The lowest BCUT2D eigenvalue weighted by Crippen LogP contribution is -2.44. The Bertz CT molecular complexity index is 1230. The summed E-state index contributed by atoms with van der Waals surface area (Å²) < 4.78 is 22.2. The number of nitrogens with zero attached hydrogens (tertiary/aromatic N) is 5. The van der Waals surface area contributed by atoms with E-state index >= 15 is 0 Å². The van der Waals surface area contributed by atoms with Gasteiger partial charge < -0.3 is 14.5 Å². The summed E-state index contributed by atoms with van der Waals surface area (Å²) in [5, 5.41) is 5.74. The van der Waals surface area contributed by atoms with Crippen LogP contribution in [0.25, 0.3) is 27.8 Å². The molecule has 0 radical (unpaired) electrons. The Balaban J connectivity index is 1.57. The van der Waals surface area contributed by atoms with Crippen LogP contribution in [0.2, 0.25) is 0 Å². The Labute approximate surface area is 186 Å². The maximum absolute atomic E-state index is 14.9. The second-order valence-electron chi connectivity index (χ2n) is 8.01. The molecule has 5 rings (SSSR count). The summed E-state index contributed by atoms with van der Waals surface area (Å²) in [7, 11) is 2.16. The number of halogens is 1. The Hall–Kier alpha value is -3.45. The van der Waals surface area contributed by atoms with Crippen LogP contribution in [0.3, 0.4) is 0 Å². The van der Waals surface area contributed by atoms with Crippen LogP contribution in [0.4, 0.5) is 10.1 Å². The molecule has 0 unspecified atom stereocenters. The Morgan fingerprint density at radius 1 is 1.00 bits per heavy atom. The van der Waals surface area contributed by atoms with Crippen LogP contribution in [-0.2, 0) is 0 Å². The largest absolute Gasteiger partial charge is 0.492 e. The van der Waals surface area contributed by atoms with Crippen LogP contribution >= 0.6 is 0 Å². The van der Waals surface area contributed by atoms with Gasteiger partial charge in [0.2, 0.25) is 0 Å². The minimum Gasteiger partial charge on any atom is -0.492 e. The Kier molecular flexibility index (Phi) is 5.49. The van der Waals surface area contributed by atoms with E-state index in [-0.39, 0.29) is 5.82 Å².